The number of nitrogens with one attached hydrogen (secondary N) is 1. The lowest BCUT2D eigenvalue weighted by Gasteiger charge is -2.29. The van der Waals surface area contributed by atoms with Gasteiger partial charge in [-0.1, -0.05) is 54.6 Å². The van der Waals surface area contributed by atoms with Crippen LogP contribution >= 0.6 is 7.75 Å². The van der Waals surface area contributed by atoms with Gasteiger partial charge in [0.25, 0.3) is 0 Å². The second-order valence-electron chi connectivity index (χ2n) is 9.59. The van der Waals surface area contributed by atoms with Crippen LogP contribution in [0.5, 0.6) is 11.5 Å². The molecule has 6 nitrogen and oxygen atoms in total. The molecule has 1 N–H and O–H groups in total. The maximum Gasteiger partial charge on any atom is 0.542 e. The maximum absolute atomic E-state index is 14.3. The number of piperidine rings is 1. The molecule has 0 bridgehead atoms. The fraction of sp³-hybridized carbons (Fsp3) is 0.167. The van der Waals surface area contributed by atoms with E-state index in [9.17, 15) is 4.57 Å². The lowest BCUT2D eigenvalue weighted by atomic mass is 9.94. The van der Waals surface area contributed by atoms with Gasteiger partial charge in [0.1, 0.15) is 17.3 Å². The molecule has 7 heteroatoms. The molecule has 1 atom stereocenters. The van der Waals surface area contributed by atoms with Crippen LogP contribution in [0.1, 0.15) is 19.3 Å². The lowest BCUT2D eigenvalue weighted by Crippen LogP contribution is -2.29. The van der Waals surface area contributed by atoms with Crippen LogP contribution in [0, 0.1) is 0 Å². The van der Waals surface area contributed by atoms with Crippen LogP contribution in [0.2, 0.25) is 0 Å². The average Bonchev–Trinajstić information content (AvgIpc) is 3.05. The summed E-state index contributed by atoms with van der Waals surface area (Å²) in [5, 5.41) is 7.19. The van der Waals surface area contributed by atoms with E-state index < -0.39 is 7.75 Å². The monoisotopic (exact) mass is 507 g/mol. The molecule has 1 aromatic heterocycles. The van der Waals surface area contributed by atoms with Crippen LogP contribution < -0.4 is 19.0 Å². The van der Waals surface area contributed by atoms with Gasteiger partial charge in [0.05, 0.1) is 0 Å². The van der Waals surface area contributed by atoms with E-state index in [-0.39, 0.29) is 0 Å². The first-order valence-corrected chi connectivity index (χ1v) is 14.2. The van der Waals surface area contributed by atoms with Crippen molar-refractivity contribution in [3.05, 3.63) is 91.1 Å². The topological polar surface area (TPSA) is 63.7 Å². The van der Waals surface area contributed by atoms with E-state index in [0.717, 1.165) is 51.4 Å². The van der Waals surface area contributed by atoms with Crippen molar-refractivity contribution in [2.24, 2.45) is 0 Å². The van der Waals surface area contributed by atoms with Crippen LogP contribution in [-0.4, -0.2) is 18.1 Å². The Bertz CT molecular complexity index is 1700. The number of rotatable bonds is 3. The Balaban J connectivity index is 1.36. The predicted octanol–water partition coefficient (Wildman–Crippen LogP) is 8.04. The van der Waals surface area contributed by atoms with Crippen molar-refractivity contribution >= 4 is 40.8 Å². The molecule has 0 spiro atoms. The number of anilines is 2. The third-order valence-electron chi connectivity index (χ3n) is 7.16. The summed E-state index contributed by atoms with van der Waals surface area (Å²) in [6, 6.07) is 28.0. The summed E-state index contributed by atoms with van der Waals surface area (Å²) >= 11 is 0. The number of pyridine rings is 1. The molecule has 2 aliphatic heterocycles. The smallest absolute Gasteiger partial charge is 0.400 e. The Labute approximate surface area is 215 Å². The number of hydrogen-bond acceptors (Lipinski definition) is 5. The summed E-state index contributed by atoms with van der Waals surface area (Å²) in [5.41, 5.74) is 2.77. The molecular weight excluding hydrogens is 481 g/mol. The highest BCUT2D eigenvalue weighted by Crippen LogP contribution is 2.57. The molecule has 0 aliphatic carbocycles. The van der Waals surface area contributed by atoms with E-state index in [0.29, 0.717) is 17.3 Å². The van der Waals surface area contributed by atoms with E-state index >= 15 is 0 Å². The zero-order chi connectivity index (χ0) is 24.8. The molecule has 0 amide bonds. The van der Waals surface area contributed by atoms with Crippen molar-refractivity contribution in [2.75, 3.05) is 23.1 Å². The number of aromatic nitrogens is 1. The zero-order valence-electron chi connectivity index (χ0n) is 20.3. The second-order valence-corrected chi connectivity index (χ2v) is 11.2. The molecule has 1 unspecified atom stereocenters. The summed E-state index contributed by atoms with van der Waals surface area (Å²) in [7, 11) is -3.89. The van der Waals surface area contributed by atoms with Gasteiger partial charge in [-0.25, -0.2) is 9.55 Å². The van der Waals surface area contributed by atoms with Gasteiger partial charge in [-0.3, -0.25) is 5.09 Å². The minimum Gasteiger partial charge on any atom is -0.400 e. The van der Waals surface area contributed by atoms with Gasteiger partial charge >= 0.3 is 7.75 Å². The third kappa shape index (κ3) is 4.08. The van der Waals surface area contributed by atoms with Gasteiger partial charge in [-0.15, -0.1) is 0 Å². The Kier molecular flexibility index (Phi) is 5.29. The first-order valence-electron chi connectivity index (χ1n) is 12.7. The SMILES string of the molecule is O=P1(Nc2cc(N3CCCCC3)ccn2)Oc2cc3ccccc3cc2-c2c(ccc3ccccc23)O1. The molecular formula is C30H26N3O3P. The first-order chi connectivity index (χ1) is 18.2. The molecule has 0 saturated carbocycles. The largest absolute Gasteiger partial charge is 0.542 e. The van der Waals surface area contributed by atoms with Gasteiger partial charge in [0.2, 0.25) is 0 Å². The fourth-order valence-corrected chi connectivity index (χ4v) is 6.74. The van der Waals surface area contributed by atoms with Gasteiger partial charge in [-0.05, 0) is 65.1 Å². The molecule has 7 rings (SSSR count). The van der Waals surface area contributed by atoms with Crippen molar-refractivity contribution in [2.45, 2.75) is 19.3 Å². The number of nitrogens with zero attached hydrogens (tertiary/aromatic N) is 2. The van der Waals surface area contributed by atoms with Gasteiger partial charge < -0.3 is 13.9 Å². The fourth-order valence-electron chi connectivity index (χ4n) is 5.39. The van der Waals surface area contributed by atoms with E-state index in [4.69, 9.17) is 9.05 Å². The number of benzene rings is 4. The van der Waals surface area contributed by atoms with E-state index in [1.54, 1.807) is 6.20 Å². The van der Waals surface area contributed by atoms with Crippen molar-refractivity contribution in [1.82, 2.24) is 4.98 Å². The van der Waals surface area contributed by atoms with Crippen molar-refractivity contribution in [1.29, 1.82) is 0 Å². The van der Waals surface area contributed by atoms with Crippen LogP contribution in [0.15, 0.2) is 91.1 Å². The second kappa shape index (κ2) is 8.82. The number of hydrogen-bond donors (Lipinski definition) is 1. The minimum atomic E-state index is -3.89. The molecule has 184 valence electrons. The molecule has 3 heterocycles. The number of fused-ring (bicyclic) bond motifs is 6. The summed E-state index contributed by atoms with van der Waals surface area (Å²) < 4.78 is 26.8. The van der Waals surface area contributed by atoms with Crippen molar-refractivity contribution in [3.8, 4) is 22.6 Å². The van der Waals surface area contributed by atoms with Crippen LogP contribution in [0.3, 0.4) is 0 Å². The van der Waals surface area contributed by atoms with Crippen molar-refractivity contribution < 1.29 is 13.6 Å². The summed E-state index contributed by atoms with van der Waals surface area (Å²) in [5.74, 6) is 1.48. The van der Waals surface area contributed by atoms with Crippen LogP contribution in [0.25, 0.3) is 32.7 Å². The van der Waals surface area contributed by atoms with E-state index in [1.165, 1.54) is 19.3 Å². The molecule has 0 radical (unpaired) electrons. The lowest BCUT2D eigenvalue weighted by molar-refractivity contribution is 0.398. The first kappa shape index (κ1) is 22.2. The molecule has 5 aromatic rings. The molecule has 37 heavy (non-hydrogen) atoms. The Morgan fingerprint density at radius 2 is 1.49 bits per heavy atom. The maximum atomic E-state index is 14.3. The molecule has 2 aliphatic rings. The third-order valence-corrected chi connectivity index (χ3v) is 8.54. The highest BCUT2D eigenvalue weighted by atomic mass is 31.2. The molecule has 4 aromatic carbocycles. The molecule has 1 fully saturated rings. The summed E-state index contributed by atoms with van der Waals surface area (Å²) in [6.07, 6.45) is 5.33. The van der Waals surface area contributed by atoms with Gasteiger partial charge in [-0.2, -0.15) is 0 Å². The highest BCUT2D eigenvalue weighted by Gasteiger charge is 2.36. The summed E-state index contributed by atoms with van der Waals surface area (Å²) in [4.78, 5) is 6.78. The van der Waals surface area contributed by atoms with Crippen LogP contribution in [-0.2, 0) is 4.57 Å². The normalized spacial score (nSPS) is 18.9. The van der Waals surface area contributed by atoms with Crippen molar-refractivity contribution in [3.63, 3.8) is 0 Å². The summed E-state index contributed by atoms with van der Waals surface area (Å²) in [6.45, 7) is 2.02. The Hall–Kier alpha value is -4.02. The van der Waals surface area contributed by atoms with E-state index in [1.807, 2.05) is 60.7 Å². The predicted molar refractivity (Wildman–Crippen MR) is 150 cm³/mol. The standard InChI is InChI=1S/C30H26N3O3P/c34-37(32-29-20-24(14-15-31-29)33-16-6-1-7-17-33)35-27-13-12-21-8-4-5-11-25(21)30(27)26-18-22-9-2-3-10-23(22)19-28(26)36-37/h2-5,8-15,18-20H,1,6-7,16-17H2,(H,31,32,34). The van der Waals surface area contributed by atoms with Crippen LogP contribution in [0.4, 0.5) is 11.5 Å². The Morgan fingerprint density at radius 3 is 2.32 bits per heavy atom. The Morgan fingerprint density at radius 1 is 0.757 bits per heavy atom. The highest BCUT2D eigenvalue weighted by molar-refractivity contribution is 7.56. The van der Waals surface area contributed by atoms with E-state index in [2.05, 4.69) is 39.2 Å². The average molecular weight is 508 g/mol. The quantitative estimate of drug-likeness (QED) is 0.249. The minimum absolute atomic E-state index is 0.456. The molecule has 1 saturated heterocycles. The zero-order valence-corrected chi connectivity index (χ0v) is 21.2. The van der Waals surface area contributed by atoms with Gasteiger partial charge in [0, 0.05) is 42.2 Å². The van der Waals surface area contributed by atoms with Gasteiger partial charge in [0.15, 0.2) is 0 Å².